The molecule has 1 amide bonds. The molecule has 2 atom stereocenters. The number of esters is 1. The van der Waals surface area contributed by atoms with E-state index < -0.39 is 16.4 Å². The van der Waals surface area contributed by atoms with Crippen molar-refractivity contribution in [2.45, 2.75) is 46.1 Å². The monoisotopic (exact) mass is 288 g/mol. The lowest BCUT2D eigenvalue weighted by Gasteiger charge is -2.35. The first-order valence-electron chi connectivity index (χ1n) is 7.21. The first-order valence-corrected chi connectivity index (χ1v) is 7.21. The fourth-order valence-corrected chi connectivity index (χ4v) is 3.57. The molecular formula is C16H20N2O3. The Balaban J connectivity index is 1.96. The third-order valence-corrected chi connectivity index (χ3v) is 5.69. The number of aryl methyl sites for hydroxylation is 1. The van der Waals surface area contributed by atoms with Gasteiger partial charge in [0.1, 0.15) is 5.82 Å². The number of pyridine rings is 1. The van der Waals surface area contributed by atoms with Gasteiger partial charge in [0.15, 0.2) is 5.60 Å². The summed E-state index contributed by atoms with van der Waals surface area (Å²) in [5.41, 5.74) is -1.35. The van der Waals surface area contributed by atoms with E-state index in [1.54, 1.807) is 6.20 Å². The van der Waals surface area contributed by atoms with Crippen LogP contribution in [0.25, 0.3) is 0 Å². The maximum Gasteiger partial charge on any atom is 0.313 e. The Morgan fingerprint density at radius 1 is 1.33 bits per heavy atom. The molecule has 1 aliphatic carbocycles. The largest absolute Gasteiger partial charge is 0.448 e. The van der Waals surface area contributed by atoms with Crippen LogP contribution in [-0.2, 0) is 14.3 Å². The lowest BCUT2D eigenvalue weighted by atomic mass is 9.66. The van der Waals surface area contributed by atoms with Crippen molar-refractivity contribution in [3.8, 4) is 0 Å². The van der Waals surface area contributed by atoms with Crippen molar-refractivity contribution in [1.29, 1.82) is 0 Å². The van der Waals surface area contributed by atoms with Gasteiger partial charge in [0.25, 0.3) is 5.91 Å². The van der Waals surface area contributed by atoms with Crippen LogP contribution in [0.4, 0.5) is 5.82 Å². The molecule has 0 spiro atoms. The number of fused-ring (bicyclic) bond motifs is 2. The number of amides is 1. The zero-order valence-electron chi connectivity index (χ0n) is 12.8. The van der Waals surface area contributed by atoms with Crippen molar-refractivity contribution in [2.24, 2.45) is 10.8 Å². The summed E-state index contributed by atoms with van der Waals surface area (Å²) in [5.74, 6) is -0.0280. The summed E-state index contributed by atoms with van der Waals surface area (Å²) in [5, 5.41) is 2.84. The number of anilines is 1. The van der Waals surface area contributed by atoms with Gasteiger partial charge in [-0.3, -0.25) is 9.59 Å². The van der Waals surface area contributed by atoms with Crippen LogP contribution >= 0.6 is 0 Å². The predicted octanol–water partition coefficient (Wildman–Crippen LogP) is 2.45. The molecule has 1 N–H and O–H groups in total. The molecule has 5 nitrogen and oxygen atoms in total. The minimum atomic E-state index is -1.09. The van der Waals surface area contributed by atoms with E-state index in [4.69, 9.17) is 4.74 Å². The van der Waals surface area contributed by atoms with Crippen molar-refractivity contribution in [3.05, 3.63) is 23.9 Å². The van der Waals surface area contributed by atoms with Gasteiger partial charge >= 0.3 is 5.97 Å². The van der Waals surface area contributed by atoms with Crippen LogP contribution in [0.3, 0.4) is 0 Å². The van der Waals surface area contributed by atoms with Crippen LogP contribution in [0.5, 0.6) is 0 Å². The van der Waals surface area contributed by atoms with Crippen molar-refractivity contribution in [1.82, 2.24) is 4.98 Å². The first kappa shape index (κ1) is 14.0. The molecule has 0 radical (unpaired) electrons. The number of nitrogens with zero attached hydrogens (tertiary/aromatic N) is 1. The number of ether oxygens (including phenoxy) is 1. The molecule has 3 rings (SSSR count). The van der Waals surface area contributed by atoms with Gasteiger partial charge in [-0.1, -0.05) is 19.9 Å². The lowest BCUT2D eigenvalue weighted by Crippen LogP contribution is -2.50. The summed E-state index contributed by atoms with van der Waals surface area (Å²) in [7, 11) is 0. The van der Waals surface area contributed by atoms with E-state index in [9.17, 15) is 9.59 Å². The number of hydrogen-bond acceptors (Lipinski definition) is 4. The summed E-state index contributed by atoms with van der Waals surface area (Å²) in [6.45, 7) is 7.65. The van der Waals surface area contributed by atoms with Gasteiger partial charge in [-0.15, -0.1) is 0 Å². The minimum absolute atomic E-state index is 0.272. The molecule has 1 saturated heterocycles. The van der Waals surface area contributed by atoms with Gasteiger partial charge in [-0.05, 0) is 38.3 Å². The molecule has 1 aromatic heterocycles. The van der Waals surface area contributed by atoms with Gasteiger partial charge in [0.05, 0.1) is 5.41 Å². The zero-order chi connectivity index (χ0) is 15.5. The quantitative estimate of drug-likeness (QED) is 0.849. The summed E-state index contributed by atoms with van der Waals surface area (Å²) in [6, 6.07) is 3.69. The van der Waals surface area contributed by atoms with Gasteiger partial charge in [-0.25, -0.2) is 4.98 Å². The third-order valence-electron chi connectivity index (χ3n) is 5.69. The lowest BCUT2D eigenvalue weighted by molar-refractivity contribution is -0.165. The van der Waals surface area contributed by atoms with Crippen molar-refractivity contribution < 1.29 is 14.3 Å². The second-order valence-corrected chi connectivity index (χ2v) is 6.80. The molecule has 2 aliphatic rings. The van der Waals surface area contributed by atoms with E-state index in [2.05, 4.69) is 10.3 Å². The zero-order valence-corrected chi connectivity index (χ0v) is 12.8. The van der Waals surface area contributed by atoms with E-state index in [-0.39, 0.29) is 11.9 Å². The Labute approximate surface area is 124 Å². The van der Waals surface area contributed by atoms with Crippen LogP contribution in [0, 0.1) is 17.8 Å². The highest BCUT2D eigenvalue weighted by Gasteiger charge is 2.75. The Morgan fingerprint density at radius 2 is 2.05 bits per heavy atom. The molecule has 1 aromatic rings. The highest BCUT2D eigenvalue weighted by atomic mass is 16.6. The smallest absolute Gasteiger partial charge is 0.313 e. The second-order valence-electron chi connectivity index (χ2n) is 6.80. The Bertz CT molecular complexity index is 640. The van der Waals surface area contributed by atoms with E-state index in [1.165, 1.54) is 0 Å². The Kier molecular flexibility index (Phi) is 2.71. The van der Waals surface area contributed by atoms with Gasteiger partial charge < -0.3 is 10.1 Å². The molecule has 0 unspecified atom stereocenters. The maximum absolute atomic E-state index is 12.8. The summed E-state index contributed by atoms with van der Waals surface area (Å²) in [4.78, 5) is 29.2. The molecule has 2 bridgehead atoms. The molecule has 1 aliphatic heterocycles. The number of aromatic nitrogens is 1. The molecule has 2 heterocycles. The summed E-state index contributed by atoms with van der Waals surface area (Å²) < 4.78 is 5.56. The SMILES string of the molecule is Cc1cccnc1NC(=O)[C@]12CC[C@](C)(C(=O)O1)C2(C)C. The highest BCUT2D eigenvalue weighted by molar-refractivity contribution is 6.03. The van der Waals surface area contributed by atoms with E-state index in [1.807, 2.05) is 39.8 Å². The molecule has 2 fully saturated rings. The van der Waals surface area contributed by atoms with Gasteiger partial charge in [-0.2, -0.15) is 0 Å². The van der Waals surface area contributed by atoms with Crippen molar-refractivity contribution in [3.63, 3.8) is 0 Å². The number of carbonyl (C=O) groups is 2. The number of carbonyl (C=O) groups excluding carboxylic acids is 2. The van der Waals surface area contributed by atoms with E-state index in [0.29, 0.717) is 18.7 Å². The Morgan fingerprint density at radius 3 is 2.57 bits per heavy atom. The molecule has 5 heteroatoms. The third kappa shape index (κ3) is 1.54. The fourth-order valence-electron chi connectivity index (χ4n) is 3.57. The minimum Gasteiger partial charge on any atom is -0.448 e. The van der Waals surface area contributed by atoms with E-state index >= 15 is 0 Å². The van der Waals surface area contributed by atoms with Crippen LogP contribution in [-0.4, -0.2) is 22.5 Å². The van der Waals surface area contributed by atoms with Crippen LogP contribution < -0.4 is 5.32 Å². The molecule has 21 heavy (non-hydrogen) atoms. The number of nitrogens with one attached hydrogen (secondary N) is 1. The summed E-state index contributed by atoms with van der Waals surface area (Å²) in [6.07, 6.45) is 2.86. The maximum atomic E-state index is 12.8. The topological polar surface area (TPSA) is 68.3 Å². The molecule has 0 aromatic carbocycles. The second kappa shape index (κ2) is 4.06. The van der Waals surface area contributed by atoms with Crippen molar-refractivity contribution in [2.75, 3.05) is 5.32 Å². The average Bonchev–Trinajstić information content (AvgIpc) is 2.72. The number of hydrogen-bond donors (Lipinski definition) is 1. The normalized spacial score (nSPS) is 32.9. The van der Waals surface area contributed by atoms with Crippen LogP contribution in [0.2, 0.25) is 0 Å². The average molecular weight is 288 g/mol. The predicted molar refractivity (Wildman–Crippen MR) is 77.5 cm³/mol. The Hall–Kier alpha value is -1.91. The highest BCUT2D eigenvalue weighted by Crippen LogP contribution is 2.65. The van der Waals surface area contributed by atoms with Gasteiger partial charge in [0, 0.05) is 11.6 Å². The molecule has 112 valence electrons. The molecule has 1 saturated carbocycles. The van der Waals surface area contributed by atoms with E-state index in [0.717, 1.165) is 5.56 Å². The fraction of sp³-hybridized carbons (Fsp3) is 0.562. The standard InChI is InChI=1S/C16H20N2O3/c1-10-6-5-9-17-11(10)18-12(19)16-8-7-15(4,13(20)21-16)14(16,2)3/h5-6,9H,7-8H2,1-4H3,(H,17,18,19)/t15-,16+/m1/s1. The van der Waals surface area contributed by atoms with Crippen molar-refractivity contribution >= 4 is 17.7 Å². The van der Waals surface area contributed by atoms with Crippen LogP contribution in [0.15, 0.2) is 18.3 Å². The first-order chi connectivity index (χ1) is 9.74. The number of rotatable bonds is 2. The summed E-state index contributed by atoms with van der Waals surface area (Å²) >= 11 is 0. The van der Waals surface area contributed by atoms with Crippen LogP contribution in [0.1, 0.15) is 39.2 Å². The molecular weight excluding hydrogens is 268 g/mol. The van der Waals surface area contributed by atoms with Gasteiger partial charge in [0.2, 0.25) is 0 Å².